The molecule has 0 bridgehead atoms. The first-order chi connectivity index (χ1) is 15.2. The Morgan fingerprint density at radius 1 is 0.968 bits per heavy atom. The molecular formula is C24H23N5O2. The molecule has 1 amide bonds. The Bertz CT molecular complexity index is 1060. The predicted molar refractivity (Wildman–Crippen MR) is 122 cm³/mol. The molecule has 4 rings (SSSR count). The van der Waals surface area contributed by atoms with Crippen molar-refractivity contribution in [2.45, 2.75) is 0 Å². The van der Waals surface area contributed by atoms with E-state index in [1.54, 1.807) is 43.6 Å². The van der Waals surface area contributed by atoms with Crippen LogP contribution in [0, 0.1) is 6.57 Å². The molecule has 156 valence electrons. The first-order valence-corrected chi connectivity index (χ1v) is 10.0. The van der Waals surface area contributed by atoms with E-state index in [-0.39, 0.29) is 5.91 Å². The maximum absolute atomic E-state index is 12.4. The van der Waals surface area contributed by atoms with Gasteiger partial charge in [0.25, 0.3) is 5.91 Å². The minimum atomic E-state index is -0.152. The van der Waals surface area contributed by atoms with Crippen LogP contribution in [0.5, 0.6) is 5.75 Å². The molecule has 0 saturated carbocycles. The highest BCUT2D eigenvalue weighted by atomic mass is 16.5. The van der Waals surface area contributed by atoms with E-state index in [2.05, 4.69) is 24.9 Å². The molecule has 1 saturated heterocycles. The van der Waals surface area contributed by atoms with Crippen LogP contribution < -0.4 is 19.9 Å². The Labute approximate surface area is 181 Å². The zero-order valence-corrected chi connectivity index (χ0v) is 17.3. The Morgan fingerprint density at radius 2 is 1.65 bits per heavy atom. The number of piperazine rings is 1. The summed E-state index contributed by atoms with van der Waals surface area (Å²) in [6.07, 6.45) is 1.62. The summed E-state index contributed by atoms with van der Waals surface area (Å²) >= 11 is 0. The zero-order chi connectivity index (χ0) is 21.6. The van der Waals surface area contributed by atoms with Gasteiger partial charge in [0.05, 0.1) is 13.7 Å². The molecule has 2 heterocycles. The van der Waals surface area contributed by atoms with Crippen molar-refractivity contribution in [1.82, 2.24) is 4.98 Å². The molecule has 0 unspecified atom stereocenters. The van der Waals surface area contributed by atoms with E-state index in [4.69, 9.17) is 11.3 Å². The van der Waals surface area contributed by atoms with Crippen LogP contribution in [0.4, 0.5) is 22.9 Å². The van der Waals surface area contributed by atoms with Gasteiger partial charge in [0, 0.05) is 49.3 Å². The van der Waals surface area contributed by atoms with Crippen LogP contribution in [0.15, 0.2) is 66.9 Å². The summed E-state index contributed by atoms with van der Waals surface area (Å²) in [4.78, 5) is 24.7. The van der Waals surface area contributed by atoms with Crippen molar-refractivity contribution in [1.29, 1.82) is 0 Å². The summed E-state index contributed by atoms with van der Waals surface area (Å²) in [5.74, 6) is 1.47. The standard InChI is InChI=1S/C24H23N5O2/c1-25-20-7-12-23(26-17-20)29-15-13-28(14-16-29)21-8-5-19(6-9-21)27-24(30)18-3-10-22(31-2)11-4-18/h3-12,17H,13-16H2,2H3,(H,27,30). The average molecular weight is 413 g/mol. The number of nitrogens with zero attached hydrogens (tertiary/aromatic N) is 4. The topological polar surface area (TPSA) is 62.1 Å². The van der Waals surface area contributed by atoms with E-state index in [1.165, 1.54) is 0 Å². The van der Waals surface area contributed by atoms with Crippen molar-refractivity contribution in [3.05, 3.63) is 83.8 Å². The van der Waals surface area contributed by atoms with E-state index in [0.29, 0.717) is 11.3 Å². The third kappa shape index (κ3) is 4.75. The molecule has 0 radical (unpaired) electrons. The lowest BCUT2D eigenvalue weighted by Gasteiger charge is -2.36. The maximum Gasteiger partial charge on any atom is 0.255 e. The van der Waals surface area contributed by atoms with Crippen LogP contribution in [0.3, 0.4) is 0 Å². The Kier molecular flexibility index (Phi) is 5.99. The number of methoxy groups -OCH3 is 1. The number of ether oxygens (including phenoxy) is 1. The molecule has 2 aromatic carbocycles. The first-order valence-electron chi connectivity index (χ1n) is 10.0. The molecule has 0 aliphatic carbocycles. The summed E-state index contributed by atoms with van der Waals surface area (Å²) in [7, 11) is 1.60. The van der Waals surface area contributed by atoms with Crippen molar-refractivity contribution in [3.8, 4) is 5.75 Å². The van der Waals surface area contributed by atoms with Crippen LogP contribution in [-0.4, -0.2) is 44.2 Å². The summed E-state index contributed by atoms with van der Waals surface area (Å²) in [5.41, 5.74) is 3.02. The summed E-state index contributed by atoms with van der Waals surface area (Å²) in [5, 5.41) is 2.93. The Balaban J connectivity index is 1.33. The van der Waals surface area contributed by atoms with E-state index in [9.17, 15) is 4.79 Å². The fourth-order valence-electron chi connectivity index (χ4n) is 3.53. The number of hydrogen-bond acceptors (Lipinski definition) is 5. The van der Waals surface area contributed by atoms with Crippen molar-refractivity contribution >= 4 is 28.8 Å². The van der Waals surface area contributed by atoms with Gasteiger partial charge >= 0.3 is 0 Å². The fraction of sp³-hybridized carbons (Fsp3) is 0.208. The van der Waals surface area contributed by atoms with Gasteiger partial charge in [0.2, 0.25) is 5.69 Å². The number of carbonyl (C=O) groups is 1. The fourth-order valence-corrected chi connectivity index (χ4v) is 3.53. The quantitative estimate of drug-likeness (QED) is 0.635. The van der Waals surface area contributed by atoms with Crippen LogP contribution in [0.1, 0.15) is 10.4 Å². The summed E-state index contributed by atoms with van der Waals surface area (Å²) in [6.45, 7) is 10.5. The van der Waals surface area contributed by atoms with Crippen molar-refractivity contribution < 1.29 is 9.53 Å². The van der Waals surface area contributed by atoms with Crippen LogP contribution in [-0.2, 0) is 0 Å². The molecular weight excluding hydrogens is 390 g/mol. The van der Waals surface area contributed by atoms with Gasteiger partial charge in [-0.15, -0.1) is 0 Å². The smallest absolute Gasteiger partial charge is 0.255 e. The van der Waals surface area contributed by atoms with Crippen LogP contribution in [0.25, 0.3) is 4.85 Å². The van der Waals surface area contributed by atoms with Gasteiger partial charge < -0.3 is 19.9 Å². The largest absolute Gasteiger partial charge is 0.497 e. The molecule has 1 aliphatic heterocycles. The molecule has 31 heavy (non-hydrogen) atoms. The van der Waals surface area contributed by atoms with Crippen LogP contribution in [0.2, 0.25) is 0 Å². The molecule has 1 aromatic heterocycles. The molecule has 1 fully saturated rings. The van der Waals surface area contributed by atoms with Gasteiger partial charge in [-0.25, -0.2) is 4.85 Å². The average Bonchev–Trinajstić information content (AvgIpc) is 2.85. The number of aromatic nitrogens is 1. The second-order valence-electron chi connectivity index (χ2n) is 7.19. The minimum Gasteiger partial charge on any atom is -0.497 e. The van der Waals surface area contributed by atoms with E-state index >= 15 is 0 Å². The molecule has 0 atom stereocenters. The van der Waals surface area contributed by atoms with Gasteiger partial charge in [-0.2, -0.15) is 0 Å². The van der Waals surface area contributed by atoms with Crippen molar-refractivity contribution in [3.63, 3.8) is 0 Å². The van der Waals surface area contributed by atoms with Gasteiger partial charge in [-0.1, -0.05) is 6.07 Å². The highest BCUT2D eigenvalue weighted by molar-refractivity contribution is 6.04. The third-order valence-electron chi connectivity index (χ3n) is 5.31. The second kappa shape index (κ2) is 9.18. The van der Waals surface area contributed by atoms with Crippen molar-refractivity contribution in [2.75, 3.05) is 48.4 Å². The third-order valence-corrected chi connectivity index (χ3v) is 5.31. The highest BCUT2D eigenvalue weighted by Gasteiger charge is 2.18. The van der Waals surface area contributed by atoms with Gasteiger partial charge in [-0.3, -0.25) is 9.78 Å². The lowest BCUT2D eigenvalue weighted by Crippen LogP contribution is -2.46. The highest BCUT2D eigenvalue weighted by Crippen LogP contribution is 2.23. The molecule has 1 N–H and O–H groups in total. The summed E-state index contributed by atoms with van der Waals surface area (Å²) < 4.78 is 5.13. The predicted octanol–water partition coefficient (Wildman–Crippen LogP) is 4.22. The van der Waals surface area contributed by atoms with Crippen molar-refractivity contribution in [2.24, 2.45) is 0 Å². The normalized spacial score (nSPS) is 13.4. The first kappa shape index (κ1) is 20.2. The zero-order valence-electron chi connectivity index (χ0n) is 17.3. The number of rotatable bonds is 5. The number of benzene rings is 2. The minimum absolute atomic E-state index is 0.152. The van der Waals surface area contributed by atoms with E-state index in [1.807, 2.05) is 30.3 Å². The van der Waals surface area contributed by atoms with Gasteiger partial charge in [0.1, 0.15) is 11.6 Å². The Hall–Kier alpha value is -4.05. The lowest BCUT2D eigenvalue weighted by atomic mass is 10.2. The molecule has 0 spiro atoms. The maximum atomic E-state index is 12.4. The Morgan fingerprint density at radius 3 is 2.23 bits per heavy atom. The van der Waals surface area contributed by atoms with Gasteiger partial charge in [0.15, 0.2) is 0 Å². The van der Waals surface area contributed by atoms with E-state index < -0.39 is 0 Å². The SMILES string of the molecule is [C-]#[N+]c1ccc(N2CCN(c3ccc(NC(=O)c4ccc(OC)cc4)cc3)CC2)nc1. The summed E-state index contributed by atoms with van der Waals surface area (Å²) in [6, 6.07) is 18.6. The molecule has 3 aromatic rings. The molecule has 1 aliphatic rings. The number of pyridine rings is 1. The van der Waals surface area contributed by atoms with E-state index in [0.717, 1.165) is 49.1 Å². The van der Waals surface area contributed by atoms with Crippen LogP contribution >= 0.6 is 0 Å². The number of amides is 1. The lowest BCUT2D eigenvalue weighted by molar-refractivity contribution is 0.102. The van der Waals surface area contributed by atoms with Gasteiger partial charge in [-0.05, 0) is 54.6 Å². The number of anilines is 3. The number of hydrogen-bond donors (Lipinski definition) is 1. The second-order valence-corrected chi connectivity index (χ2v) is 7.19. The molecule has 7 nitrogen and oxygen atoms in total. The molecule has 7 heteroatoms. The monoisotopic (exact) mass is 413 g/mol. The number of nitrogens with one attached hydrogen (secondary N) is 1. The number of carbonyl (C=O) groups excluding carboxylic acids is 1.